The molecule has 6 nitrogen and oxygen atoms in total. The molecule has 128 valence electrons. The number of nitrogens with zero attached hydrogens (tertiary/aromatic N) is 3. The van der Waals surface area contributed by atoms with Gasteiger partial charge >= 0.3 is 0 Å². The third kappa shape index (κ3) is 4.32. The van der Waals surface area contributed by atoms with Crippen molar-refractivity contribution in [3.05, 3.63) is 18.5 Å². The van der Waals surface area contributed by atoms with Crippen molar-refractivity contribution < 1.29 is 14.3 Å². The average Bonchev–Trinajstić information content (AvgIpc) is 3.26. The number of hydrogen-bond acceptors (Lipinski definition) is 4. The minimum Gasteiger partial charge on any atom is -0.376 e. The molecule has 0 unspecified atom stereocenters. The van der Waals surface area contributed by atoms with Gasteiger partial charge in [-0.2, -0.15) is 5.10 Å². The van der Waals surface area contributed by atoms with Gasteiger partial charge in [0.1, 0.15) is 6.10 Å². The van der Waals surface area contributed by atoms with E-state index in [1.54, 1.807) is 6.20 Å². The van der Waals surface area contributed by atoms with Crippen LogP contribution in [0.15, 0.2) is 18.5 Å². The molecular formula is C17H27N3O3. The van der Waals surface area contributed by atoms with Crippen LogP contribution in [0.4, 0.5) is 0 Å². The molecule has 6 heteroatoms. The number of rotatable bonds is 6. The molecule has 0 bridgehead atoms. The second-order valence-corrected chi connectivity index (χ2v) is 6.52. The van der Waals surface area contributed by atoms with Crippen LogP contribution in [0.2, 0.25) is 0 Å². The minimum absolute atomic E-state index is 0.0971. The first kappa shape index (κ1) is 16.5. The van der Waals surface area contributed by atoms with Crippen molar-refractivity contribution in [3.8, 4) is 0 Å². The Balaban J connectivity index is 1.54. The quantitative estimate of drug-likeness (QED) is 0.802. The van der Waals surface area contributed by atoms with Gasteiger partial charge in [0.05, 0.1) is 25.3 Å². The smallest absolute Gasteiger partial charge is 0.251 e. The van der Waals surface area contributed by atoms with Gasteiger partial charge in [0.15, 0.2) is 0 Å². The summed E-state index contributed by atoms with van der Waals surface area (Å²) in [6, 6.07) is 2.13. The normalized spacial score (nSPS) is 26.4. The van der Waals surface area contributed by atoms with Crippen molar-refractivity contribution in [2.45, 2.75) is 63.8 Å². The van der Waals surface area contributed by atoms with Gasteiger partial charge in [-0.15, -0.1) is 0 Å². The molecule has 0 aromatic carbocycles. The van der Waals surface area contributed by atoms with Crippen LogP contribution in [0.3, 0.4) is 0 Å². The van der Waals surface area contributed by atoms with E-state index in [1.807, 2.05) is 28.8 Å². The van der Waals surface area contributed by atoms with Gasteiger partial charge in [-0.3, -0.25) is 9.48 Å². The highest BCUT2D eigenvalue weighted by Crippen LogP contribution is 2.20. The van der Waals surface area contributed by atoms with E-state index in [4.69, 9.17) is 9.47 Å². The Labute approximate surface area is 137 Å². The fourth-order valence-electron chi connectivity index (χ4n) is 3.44. The number of carbonyl (C=O) groups is 1. The Morgan fingerprint density at radius 1 is 1.39 bits per heavy atom. The number of aromatic nitrogens is 2. The molecule has 0 spiro atoms. The van der Waals surface area contributed by atoms with Crippen LogP contribution < -0.4 is 0 Å². The largest absolute Gasteiger partial charge is 0.376 e. The first-order valence-electron chi connectivity index (χ1n) is 8.75. The van der Waals surface area contributed by atoms with E-state index in [-0.39, 0.29) is 18.1 Å². The van der Waals surface area contributed by atoms with Gasteiger partial charge in [0.25, 0.3) is 5.91 Å². The predicted octanol–water partition coefficient (Wildman–Crippen LogP) is 1.85. The summed E-state index contributed by atoms with van der Waals surface area (Å²) in [4.78, 5) is 14.8. The highest BCUT2D eigenvalue weighted by atomic mass is 16.5. The third-order valence-electron chi connectivity index (χ3n) is 4.77. The molecule has 2 aliphatic heterocycles. The van der Waals surface area contributed by atoms with Crippen molar-refractivity contribution in [2.24, 2.45) is 0 Å². The second kappa shape index (κ2) is 7.93. The summed E-state index contributed by atoms with van der Waals surface area (Å²) in [6.07, 6.45) is 8.88. The van der Waals surface area contributed by atoms with E-state index < -0.39 is 6.10 Å². The van der Waals surface area contributed by atoms with Crippen molar-refractivity contribution in [1.82, 2.24) is 14.7 Å². The van der Waals surface area contributed by atoms with Crippen LogP contribution >= 0.6 is 0 Å². The van der Waals surface area contributed by atoms with Crippen molar-refractivity contribution >= 4 is 5.91 Å². The summed E-state index contributed by atoms with van der Waals surface area (Å²) in [5.41, 5.74) is 0. The fourth-order valence-corrected chi connectivity index (χ4v) is 3.44. The molecular weight excluding hydrogens is 294 g/mol. The van der Waals surface area contributed by atoms with Gasteiger partial charge < -0.3 is 14.4 Å². The van der Waals surface area contributed by atoms with Crippen molar-refractivity contribution in [3.63, 3.8) is 0 Å². The topological polar surface area (TPSA) is 56.6 Å². The van der Waals surface area contributed by atoms with E-state index in [1.165, 1.54) is 6.42 Å². The fraction of sp³-hybridized carbons (Fsp3) is 0.765. The molecule has 0 aliphatic carbocycles. The number of carbonyl (C=O) groups excluding carboxylic acids is 1. The molecule has 2 fully saturated rings. The Morgan fingerprint density at radius 2 is 2.30 bits per heavy atom. The lowest BCUT2D eigenvalue weighted by Crippen LogP contribution is -2.50. The van der Waals surface area contributed by atoms with Gasteiger partial charge in [-0.25, -0.2) is 0 Å². The van der Waals surface area contributed by atoms with E-state index in [2.05, 4.69) is 5.10 Å². The average molecular weight is 321 g/mol. The van der Waals surface area contributed by atoms with Crippen LogP contribution in [-0.2, 0) is 20.8 Å². The van der Waals surface area contributed by atoms with Crippen molar-refractivity contribution in [1.29, 1.82) is 0 Å². The lowest BCUT2D eigenvalue weighted by atomic mass is 10.0. The minimum atomic E-state index is -0.405. The Hall–Kier alpha value is -1.40. The predicted molar refractivity (Wildman–Crippen MR) is 86.0 cm³/mol. The number of likely N-dealkylation sites (tertiary alicyclic amines) is 1. The zero-order valence-electron chi connectivity index (χ0n) is 13.9. The summed E-state index contributed by atoms with van der Waals surface area (Å²) >= 11 is 0. The highest BCUT2D eigenvalue weighted by molar-refractivity contribution is 5.81. The SMILES string of the molecule is C[C@H](OC[C@@H]1CCCO1)C(=O)N1CCCC[C@@H]1Cn1cccn1. The van der Waals surface area contributed by atoms with Gasteiger partial charge in [0.2, 0.25) is 0 Å². The van der Waals surface area contributed by atoms with Crippen molar-refractivity contribution in [2.75, 3.05) is 19.8 Å². The molecule has 2 saturated heterocycles. The molecule has 0 saturated carbocycles. The van der Waals surface area contributed by atoms with E-state index in [0.717, 1.165) is 45.4 Å². The number of hydrogen-bond donors (Lipinski definition) is 0. The van der Waals surface area contributed by atoms with Crippen LogP contribution in [-0.4, -0.2) is 58.6 Å². The summed E-state index contributed by atoms with van der Waals surface area (Å²) in [7, 11) is 0. The monoisotopic (exact) mass is 321 g/mol. The maximum absolute atomic E-state index is 12.8. The molecule has 1 aromatic rings. The van der Waals surface area contributed by atoms with Gasteiger partial charge in [-0.1, -0.05) is 0 Å². The zero-order chi connectivity index (χ0) is 16.1. The molecule has 3 rings (SSSR count). The van der Waals surface area contributed by atoms with Crippen LogP contribution in [0.25, 0.3) is 0 Å². The molecule has 23 heavy (non-hydrogen) atoms. The summed E-state index contributed by atoms with van der Waals surface area (Å²) in [5, 5.41) is 4.27. The standard InChI is InChI=1S/C17H27N3O3/c1-14(23-13-16-7-4-11-22-16)17(21)20-10-3-2-6-15(20)12-19-9-5-8-18-19/h5,8-9,14-16H,2-4,6-7,10-13H2,1H3/t14-,15+,16-/m0/s1. The lowest BCUT2D eigenvalue weighted by Gasteiger charge is -2.37. The zero-order valence-corrected chi connectivity index (χ0v) is 13.9. The number of ether oxygens (including phenoxy) is 2. The third-order valence-corrected chi connectivity index (χ3v) is 4.77. The lowest BCUT2D eigenvalue weighted by molar-refractivity contribution is -0.148. The highest BCUT2D eigenvalue weighted by Gasteiger charge is 2.31. The van der Waals surface area contributed by atoms with E-state index in [9.17, 15) is 4.79 Å². The molecule has 3 heterocycles. The molecule has 3 atom stereocenters. The number of piperidine rings is 1. The first-order valence-corrected chi connectivity index (χ1v) is 8.75. The molecule has 2 aliphatic rings. The van der Waals surface area contributed by atoms with Crippen LogP contribution in [0.1, 0.15) is 39.0 Å². The Kier molecular flexibility index (Phi) is 5.67. The molecule has 0 radical (unpaired) electrons. The Bertz CT molecular complexity index is 485. The molecule has 1 aromatic heterocycles. The Morgan fingerprint density at radius 3 is 3.04 bits per heavy atom. The summed E-state index contributed by atoms with van der Waals surface area (Å²) in [5.74, 6) is 0.0971. The van der Waals surface area contributed by atoms with E-state index in [0.29, 0.717) is 6.61 Å². The maximum atomic E-state index is 12.8. The van der Waals surface area contributed by atoms with Gasteiger partial charge in [0, 0.05) is 25.5 Å². The van der Waals surface area contributed by atoms with Crippen LogP contribution in [0, 0.1) is 0 Å². The second-order valence-electron chi connectivity index (χ2n) is 6.52. The summed E-state index contributed by atoms with van der Waals surface area (Å²) in [6.45, 7) is 4.77. The van der Waals surface area contributed by atoms with Gasteiger partial charge in [-0.05, 0) is 45.1 Å². The van der Waals surface area contributed by atoms with Crippen LogP contribution in [0.5, 0.6) is 0 Å². The maximum Gasteiger partial charge on any atom is 0.251 e. The first-order chi connectivity index (χ1) is 11.2. The molecule has 1 amide bonds. The molecule has 0 N–H and O–H groups in total. The summed E-state index contributed by atoms with van der Waals surface area (Å²) < 4.78 is 13.3. The number of amides is 1. The van der Waals surface area contributed by atoms with E-state index >= 15 is 0 Å².